The Labute approximate surface area is 179 Å². The van der Waals surface area contributed by atoms with Crippen molar-refractivity contribution in [1.82, 2.24) is 9.55 Å². The van der Waals surface area contributed by atoms with E-state index in [4.69, 9.17) is 32.9 Å². The Bertz CT molecular complexity index is 1140. The van der Waals surface area contributed by atoms with E-state index < -0.39 is 5.97 Å². The van der Waals surface area contributed by atoms with Gasteiger partial charge >= 0.3 is 5.97 Å². The van der Waals surface area contributed by atoms with Crippen LogP contribution in [0.4, 0.5) is 0 Å². The number of aryl methyl sites for hydroxylation is 1. The van der Waals surface area contributed by atoms with E-state index in [1.807, 2.05) is 60.9 Å². The molecule has 0 aliphatic carbocycles. The highest BCUT2D eigenvalue weighted by Crippen LogP contribution is 2.32. The lowest BCUT2D eigenvalue weighted by atomic mass is 10.0. The van der Waals surface area contributed by atoms with E-state index >= 15 is 0 Å². The van der Waals surface area contributed by atoms with Crippen LogP contribution in [0.5, 0.6) is 0 Å². The lowest BCUT2D eigenvalue weighted by molar-refractivity contribution is 0.0497. The predicted molar refractivity (Wildman–Crippen MR) is 115 cm³/mol. The van der Waals surface area contributed by atoms with E-state index in [0.717, 1.165) is 28.9 Å². The normalized spacial score (nSPS) is 12.6. The fourth-order valence-corrected chi connectivity index (χ4v) is 3.88. The summed E-state index contributed by atoms with van der Waals surface area (Å²) in [6, 6.07) is 13.1. The summed E-state index contributed by atoms with van der Waals surface area (Å²) in [6.45, 7) is 4.43. The summed E-state index contributed by atoms with van der Waals surface area (Å²) < 4.78 is 7.28. The van der Waals surface area contributed by atoms with Crippen LogP contribution in [-0.2, 0) is 11.3 Å². The molecule has 3 aromatic rings. The number of fused-ring (bicyclic) bond motifs is 3. The maximum Gasteiger partial charge on any atom is 0.358 e. The van der Waals surface area contributed by atoms with Crippen molar-refractivity contribution < 1.29 is 9.53 Å². The summed E-state index contributed by atoms with van der Waals surface area (Å²) in [4.78, 5) is 21.9. The molecule has 1 aromatic heterocycles. The van der Waals surface area contributed by atoms with Crippen LogP contribution in [0.2, 0.25) is 10.0 Å². The quantitative estimate of drug-likeness (QED) is 0.523. The molecule has 2 heterocycles. The Balaban J connectivity index is 1.93. The van der Waals surface area contributed by atoms with Crippen molar-refractivity contribution in [3.63, 3.8) is 0 Å². The second-order valence-electron chi connectivity index (χ2n) is 6.73. The van der Waals surface area contributed by atoms with Crippen LogP contribution in [0.3, 0.4) is 0 Å². The van der Waals surface area contributed by atoms with Crippen molar-refractivity contribution in [2.45, 2.75) is 26.8 Å². The van der Waals surface area contributed by atoms with Crippen LogP contribution < -0.4 is 0 Å². The molecule has 4 rings (SSSR count). The van der Waals surface area contributed by atoms with Crippen LogP contribution >= 0.6 is 23.2 Å². The molecule has 0 amide bonds. The Morgan fingerprint density at radius 1 is 1.17 bits per heavy atom. The summed E-state index contributed by atoms with van der Waals surface area (Å²) in [5.41, 5.74) is 4.20. The minimum absolute atomic E-state index is 0.268. The van der Waals surface area contributed by atoms with Gasteiger partial charge < -0.3 is 4.74 Å². The molecule has 7 heteroatoms. The van der Waals surface area contributed by atoms with E-state index in [9.17, 15) is 4.79 Å². The number of nitrogens with zero attached hydrogens (tertiary/aromatic N) is 3. The number of carbonyl (C=O) groups is 1. The van der Waals surface area contributed by atoms with E-state index in [1.54, 1.807) is 0 Å². The molecular weight excluding hydrogens is 409 g/mol. The van der Waals surface area contributed by atoms with Crippen molar-refractivity contribution in [3.05, 3.63) is 80.8 Å². The highest BCUT2D eigenvalue weighted by molar-refractivity contribution is 6.36. The molecule has 0 fully saturated rings. The van der Waals surface area contributed by atoms with Crippen LogP contribution in [0.15, 0.2) is 47.5 Å². The van der Waals surface area contributed by atoms with Gasteiger partial charge in [0, 0.05) is 21.2 Å². The number of halogens is 2. The SMILES string of the molecule is CCCOC(=O)c1nc(C)n2c1CN=C(c1ccccc1Cl)c1cc(Cl)ccc1-2. The number of esters is 1. The molecule has 0 N–H and O–H groups in total. The van der Waals surface area contributed by atoms with Gasteiger partial charge in [-0.2, -0.15) is 0 Å². The third-order valence-corrected chi connectivity index (χ3v) is 5.31. The maximum atomic E-state index is 12.6. The van der Waals surface area contributed by atoms with Gasteiger partial charge in [-0.25, -0.2) is 9.78 Å². The van der Waals surface area contributed by atoms with Crippen molar-refractivity contribution in [3.8, 4) is 5.69 Å². The predicted octanol–water partition coefficient (Wildman–Crippen LogP) is 5.41. The molecule has 5 nitrogen and oxygen atoms in total. The number of carbonyl (C=O) groups excluding carboxylic acids is 1. The van der Waals surface area contributed by atoms with Crippen LogP contribution in [0.1, 0.15) is 46.5 Å². The first kappa shape index (κ1) is 19.7. The van der Waals surface area contributed by atoms with Crippen molar-refractivity contribution in [2.75, 3.05) is 6.61 Å². The Hall–Kier alpha value is -2.63. The number of aromatic nitrogens is 2. The Kier molecular flexibility index (Phi) is 5.43. The molecule has 29 heavy (non-hydrogen) atoms. The second-order valence-corrected chi connectivity index (χ2v) is 7.58. The van der Waals surface area contributed by atoms with Gasteiger partial charge in [-0.1, -0.05) is 48.3 Å². The summed E-state index contributed by atoms with van der Waals surface area (Å²) in [5.74, 6) is 0.248. The highest BCUT2D eigenvalue weighted by Gasteiger charge is 2.28. The van der Waals surface area contributed by atoms with Gasteiger partial charge in [0.25, 0.3) is 0 Å². The number of imidazole rings is 1. The maximum absolute atomic E-state index is 12.6. The fraction of sp³-hybridized carbons (Fsp3) is 0.227. The van der Waals surface area contributed by atoms with Crippen molar-refractivity contribution in [2.24, 2.45) is 4.99 Å². The molecule has 0 saturated carbocycles. The second kappa shape index (κ2) is 8.01. The van der Waals surface area contributed by atoms with Crippen molar-refractivity contribution in [1.29, 1.82) is 0 Å². The minimum atomic E-state index is -0.435. The Morgan fingerprint density at radius 2 is 1.97 bits per heavy atom. The molecule has 0 radical (unpaired) electrons. The van der Waals surface area contributed by atoms with E-state index in [-0.39, 0.29) is 6.54 Å². The fourth-order valence-electron chi connectivity index (χ4n) is 3.48. The van der Waals surface area contributed by atoms with Gasteiger partial charge in [-0.15, -0.1) is 0 Å². The molecule has 0 saturated heterocycles. The monoisotopic (exact) mass is 427 g/mol. The number of aliphatic imine (C=N–C) groups is 1. The first-order valence-corrected chi connectivity index (χ1v) is 10.1. The lowest BCUT2D eigenvalue weighted by Crippen LogP contribution is -2.10. The van der Waals surface area contributed by atoms with Crippen LogP contribution in [-0.4, -0.2) is 27.8 Å². The number of benzene rings is 2. The summed E-state index contributed by atoms with van der Waals surface area (Å²) >= 11 is 12.8. The largest absolute Gasteiger partial charge is 0.461 e. The van der Waals surface area contributed by atoms with Gasteiger partial charge in [-0.3, -0.25) is 9.56 Å². The smallest absolute Gasteiger partial charge is 0.358 e. The Morgan fingerprint density at radius 3 is 2.72 bits per heavy atom. The molecule has 1 aliphatic rings. The lowest BCUT2D eigenvalue weighted by Gasteiger charge is -2.14. The molecule has 148 valence electrons. The molecule has 0 unspecified atom stereocenters. The molecule has 0 spiro atoms. The third-order valence-electron chi connectivity index (χ3n) is 4.74. The zero-order valence-electron chi connectivity index (χ0n) is 16.1. The average molecular weight is 428 g/mol. The standard InChI is InChI=1S/C22H19Cl2N3O2/c1-3-10-29-22(28)21-19-12-25-20(15-6-4-5-7-17(15)24)16-11-14(23)8-9-18(16)27(19)13(2)26-21/h4-9,11H,3,10,12H2,1-2H3. The van der Waals surface area contributed by atoms with Gasteiger partial charge in [0.1, 0.15) is 5.82 Å². The molecule has 2 aromatic carbocycles. The zero-order valence-corrected chi connectivity index (χ0v) is 17.6. The molecule has 0 bridgehead atoms. The highest BCUT2D eigenvalue weighted by atomic mass is 35.5. The van der Waals surface area contributed by atoms with E-state index in [0.29, 0.717) is 33.9 Å². The first-order valence-electron chi connectivity index (χ1n) is 9.36. The third kappa shape index (κ3) is 3.56. The van der Waals surface area contributed by atoms with Crippen molar-refractivity contribution >= 4 is 34.9 Å². The number of hydrogen-bond donors (Lipinski definition) is 0. The van der Waals surface area contributed by atoms with Gasteiger partial charge in [0.2, 0.25) is 0 Å². The number of hydrogen-bond acceptors (Lipinski definition) is 4. The van der Waals surface area contributed by atoms with E-state index in [1.165, 1.54) is 0 Å². The molecule has 0 atom stereocenters. The van der Waals surface area contributed by atoms with E-state index in [2.05, 4.69) is 4.98 Å². The first-order chi connectivity index (χ1) is 14.0. The number of rotatable bonds is 4. The number of ether oxygens (including phenoxy) is 1. The zero-order chi connectivity index (χ0) is 20.5. The summed E-state index contributed by atoms with van der Waals surface area (Å²) in [5, 5.41) is 1.19. The molecular formula is C22H19Cl2N3O2. The van der Waals surface area contributed by atoms with Gasteiger partial charge in [-0.05, 0) is 37.6 Å². The van der Waals surface area contributed by atoms with Gasteiger partial charge in [0.05, 0.1) is 30.2 Å². The summed E-state index contributed by atoms with van der Waals surface area (Å²) in [6.07, 6.45) is 0.747. The molecule has 1 aliphatic heterocycles. The minimum Gasteiger partial charge on any atom is -0.461 e. The summed E-state index contributed by atoms with van der Waals surface area (Å²) in [7, 11) is 0. The van der Waals surface area contributed by atoms with Crippen LogP contribution in [0, 0.1) is 6.92 Å². The average Bonchev–Trinajstić information content (AvgIpc) is 2.94. The van der Waals surface area contributed by atoms with Crippen LogP contribution in [0.25, 0.3) is 5.69 Å². The van der Waals surface area contributed by atoms with Gasteiger partial charge in [0.15, 0.2) is 5.69 Å². The topological polar surface area (TPSA) is 56.5 Å².